The Morgan fingerprint density at radius 2 is 2.00 bits per heavy atom. The van der Waals surface area contributed by atoms with Gasteiger partial charge in [-0.2, -0.15) is 0 Å². The van der Waals surface area contributed by atoms with Crippen LogP contribution in [0.25, 0.3) is 0 Å². The second-order valence-electron chi connectivity index (χ2n) is 5.99. The molecule has 5 heteroatoms. The van der Waals surface area contributed by atoms with E-state index < -0.39 is 6.04 Å². The molecule has 1 amide bonds. The third kappa shape index (κ3) is 5.09. The number of aliphatic hydroxyl groups is 2. The Balaban J connectivity index is 1.79. The predicted octanol–water partition coefficient (Wildman–Crippen LogP) is 0.457. The van der Waals surface area contributed by atoms with E-state index in [0.29, 0.717) is 5.92 Å². The standard InChI is InChI=1S/C17H26N2O3/c20-11-15(12-21)19-17(22)16-10-14(8-9-18-16)7-6-13-4-2-1-3-5-13/h1-5,14-16,18,20-21H,6-12H2,(H,19,22)/t14-,16+/m1/s1. The highest BCUT2D eigenvalue weighted by molar-refractivity contribution is 5.82. The topological polar surface area (TPSA) is 81.6 Å². The number of aliphatic hydroxyl groups excluding tert-OH is 2. The maximum atomic E-state index is 12.2. The van der Waals surface area contributed by atoms with Crippen LogP contribution in [0.4, 0.5) is 0 Å². The molecule has 0 aromatic heterocycles. The van der Waals surface area contributed by atoms with E-state index >= 15 is 0 Å². The number of nitrogens with one attached hydrogen (secondary N) is 2. The fourth-order valence-electron chi connectivity index (χ4n) is 2.92. The fourth-order valence-corrected chi connectivity index (χ4v) is 2.92. The summed E-state index contributed by atoms with van der Waals surface area (Å²) in [5.41, 5.74) is 1.34. The molecule has 2 atom stereocenters. The number of aryl methyl sites for hydroxylation is 1. The summed E-state index contributed by atoms with van der Waals surface area (Å²) in [4.78, 5) is 12.2. The summed E-state index contributed by atoms with van der Waals surface area (Å²) in [5.74, 6) is 0.399. The van der Waals surface area contributed by atoms with Gasteiger partial charge in [0.15, 0.2) is 0 Å². The van der Waals surface area contributed by atoms with Crippen molar-refractivity contribution in [3.05, 3.63) is 35.9 Å². The van der Waals surface area contributed by atoms with Crippen molar-refractivity contribution in [2.45, 2.75) is 37.8 Å². The first-order valence-corrected chi connectivity index (χ1v) is 8.02. The normalized spacial score (nSPS) is 21.8. The summed E-state index contributed by atoms with van der Waals surface area (Å²) in [6, 6.07) is 9.61. The van der Waals surface area contributed by atoms with Crippen molar-refractivity contribution >= 4 is 5.91 Å². The number of hydrogen-bond donors (Lipinski definition) is 4. The van der Waals surface area contributed by atoms with Crippen LogP contribution in [0.15, 0.2) is 30.3 Å². The molecule has 0 unspecified atom stereocenters. The minimum absolute atomic E-state index is 0.127. The summed E-state index contributed by atoms with van der Waals surface area (Å²) in [6.07, 6.45) is 4.01. The maximum Gasteiger partial charge on any atom is 0.237 e. The van der Waals surface area contributed by atoms with E-state index in [0.717, 1.165) is 32.2 Å². The van der Waals surface area contributed by atoms with Gasteiger partial charge < -0.3 is 20.8 Å². The van der Waals surface area contributed by atoms with Gasteiger partial charge in [0.1, 0.15) is 0 Å². The molecule has 0 spiro atoms. The van der Waals surface area contributed by atoms with Gasteiger partial charge >= 0.3 is 0 Å². The third-order valence-electron chi connectivity index (χ3n) is 4.30. The minimum atomic E-state index is -0.570. The van der Waals surface area contributed by atoms with Crippen LogP contribution >= 0.6 is 0 Å². The smallest absolute Gasteiger partial charge is 0.237 e. The number of hydrogen-bond acceptors (Lipinski definition) is 4. The van der Waals surface area contributed by atoms with Gasteiger partial charge in [-0.05, 0) is 43.7 Å². The van der Waals surface area contributed by atoms with Crippen molar-refractivity contribution < 1.29 is 15.0 Å². The molecule has 1 saturated heterocycles. The molecule has 1 aromatic carbocycles. The van der Waals surface area contributed by atoms with Crippen LogP contribution in [0.3, 0.4) is 0 Å². The van der Waals surface area contributed by atoms with E-state index in [1.165, 1.54) is 5.56 Å². The first-order valence-electron chi connectivity index (χ1n) is 8.02. The van der Waals surface area contributed by atoms with Gasteiger partial charge in [-0.3, -0.25) is 4.79 Å². The SMILES string of the molecule is O=C(NC(CO)CO)[C@@H]1C[C@H](CCc2ccccc2)CCN1. The molecule has 1 aliphatic heterocycles. The molecule has 122 valence electrons. The fraction of sp³-hybridized carbons (Fsp3) is 0.588. The lowest BCUT2D eigenvalue weighted by molar-refractivity contribution is -0.125. The summed E-state index contributed by atoms with van der Waals surface area (Å²) in [5, 5.41) is 24.0. The highest BCUT2D eigenvalue weighted by Crippen LogP contribution is 2.22. The van der Waals surface area contributed by atoms with Gasteiger partial charge in [-0.15, -0.1) is 0 Å². The van der Waals surface area contributed by atoms with Crippen LogP contribution in [0.2, 0.25) is 0 Å². The van der Waals surface area contributed by atoms with Crippen LogP contribution in [-0.2, 0) is 11.2 Å². The highest BCUT2D eigenvalue weighted by Gasteiger charge is 2.27. The second-order valence-corrected chi connectivity index (χ2v) is 5.99. The minimum Gasteiger partial charge on any atom is -0.394 e. The predicted molar refractivity (Wildman–Crippen MR) is 85.4 cm³/mol. The molecule has 5 nitrogen and oxygen atoms in total. The monoisotopic (exact) mass is 306 g/mol. The van der Waals surface area contributed by atoms with E-state index in [4.69, 9.17) is 10.2 Å². The number of benzene rings is 1. The average Bonchev–Trinajstić information content (AvgIpc) is 2.59. The zero-order chi connectivity index (χ0) is 15.8. The zero-order valence-corrected chi connectivity index (χ0v) is 12.9. The molecule has 22 heavy (non-hydrogen) atoms. The van der Waals surface area contributed by atoms with Gasteiger partial charge in [-0.25, -0.2) is 0 Å². The van der Waals surface area contributed by atoms with Crippen LogP contribution in [0.1, 0.15) is 24.8 Å². The van der Waals surface area contributed by atoms with Gasteiger partial charge in [0.05, 0.1) is 25.3 Å². The van der Waals surface area contributed by atoms with E-state index in [1.54, 1.807) is 0 Å². The quantitative estimate of drug-likeness (QED) is 0.590. The van der Waals surface area contributed by atoms with Crippen molar-refractivity contribution in [2.75, 3.05) is 19.8 Å². The first-order chi connectivity index (χ1) is 10.7. The number of amides is 1. The van der Waals surface area contributed by atoms with E-state index in [-0.39, 0.29) is 25.2 Å². The molecule has 1 aromatic rings. The van der Waals surface area contributed by atoms with Crippen molar-refractivity contribution in [3.63, 3.8) is 0 Å². The highest BCUT2D eigenvalue weighted by atomic mass is 16.3. The van der Waals surface area contributed by atoms with Crippen molar-refractivity contribution in [1.29, 1.82) is 0 Å². The van der Waals surface area contributed by atoms with Crippen molar-refractivity contribution in [1.82, 2.24) is 10.6 Å². The number of carbonyl (C=O) groups is 1. The summed E-state index contributed by atoms with van der Waals surface area (Å²) >= 11 is 0. The Hall–Kier alpha value is -1.43. The van der Waals surface area contributed by atoms with E-state index in [1.807, 2.05) is 6.07 Å². The van der Waals surface area contributed by atoms with Crippen LogP contribution in [-0.4, -0.2) is 48.0 Å². The number of carbonyl (C=O) groups excluding carboxylic acids is 1. The molecule has 4 N–H and O–H groups in total. The zero-order valence-electron chi connectivity index (χ0n) is 12.9. The summed E-state index contributed by atoms with van der Waals surface area (Å²) < 4.78 is 0. The Morgan fingerprint density at radius 1 is 1.27 bits per heavy atom. The lowest BCUT2D eigenvalue weighted by Gasteiger charge is -2.30. The maximum absolute atomic E-state index is 12.2. The van der Waals surface area contributed by atoms with Crippen LogP contribution in [0.5, 0.6) is 0 Å². The van der Waals surface area contributed by atoms with Gasteiger partial charge in [0, 0.05) is 0 Å². The molecule has 0 radical (unpaired) electrons. The van der Waals surface area contributed by atoms with Gasteiger partial charge in [0.2, 0.25) is 5.91 Å². The molecule has 0 saturated carbocycles. The molecule has 1 heterocycles. The largest absolute Gasteiger partial charge is 0.394 e. The van der Waals surface area contributed by atoms with Gasteiger partial charge in [0.25, 0.3) is 0 Å². The molecule has 0 bridgehead atoms. The Kier molecular flexibility index (Phi) is 6.83. The van der Waals surface area contributed by atoms with Crippen LogP contribution < -0.4 is 10.6 Å². The molecule has 1 aliphatic rings. The summed E-state index contributed by atoms with van der Waals surface area (Å²) in [7, 11) is 0. The number of piperidine rings is 1. The molecular weight excluding hydrogens is 280 g/mol. The molecular formula is C17H26N2O3. The molecule has 1 fully saturated rings. The lowest BCUT2D eigenvalue weighted by Crippen LogP contribution is -2.52. The van der Waals surface area contributed by atoms with Crippen LogP contribution in [0, 0.1) is 5.92 Å². The third-order valence-corrected chi connectivity index (χ3v) is 4.30. The first kappa shape index (κ1) is 16.9. The Labute approximate surface area is 131 Å². The van der Waals surface area contributed by atoms with E-state index in [9.17, 15) is 4.79 Å². The molecule has 2 rings (SSSR count). The Morgan fingerprint density at radius 3 is 2.68 bits per heavy atom. The Bertz CT molecular complexity index is 448. The lowest BCUT2D eigenvalue weighted by atomic mass is 9.87. The van der Waals surface area contributed by atoms with Crippen molar-refractivity contribution in [3.8, 4) is 0 Å². The second kappa shape index (κ2) is 8.88. The average molecular weight is 306 g/mol. The number of rotatable bonds is 7. The summed E-state index contributed by atoms with van der Waals surface area (Å²) in [6.45, 7) is 0.346. The van der Waals surface area contributed by atoms with Crippen molar-refractivity contribution in [2.24, 2.45) is 5.92 Å². The van der Waals surface area contributed by atoms with E-state index in [2.05, 4.69) is 34.9 Å². The molecule has 0 aliphatic carbocycles. The van der Waals surface area contributed by atoms with Gasteiger partial charge in [-0.1, -0.05) is 30.3 Å².